The zero-order valence-electron chi connectivity index (χ0n) is 13.6. The Bertz CT molecular complexity index is 1170. The van der Waals surface area contributed by atoms with E-state index in [1.54, 1.807) is 6.07 Å². The maximum Gasteiger partial charge on any atom is 0.269 e. The Hall–Kier alpha value is -2.78. The van der Waals surface area contributed by atoms with Crippen LogP contribution >= 0.6 is 11.3 Å². The molecular formula is C17H13N3O4S2. The molecule has 0 saturated carbocycles. The lowest BCUT2D eigenvalue weighted by molar-refractivity contribution is -0.116. The van der Waals surface area contributed by atoms with Crippen LogP contribution in [-0.4, -0.2) is 36.1 Å². The number of carbonyl (C=O) groups is 2. The number of benzene rings is 2. The van der Waals surface area contributed by atoms with Crippen molar-refractivity contribution < 1.29 is 18.0 Å². The average molecular weight is 387 g/mol. The molecule has 1 aromatic heterocycles. The van der Waals surface area contributed by atoms with Crippen LogP contribution in [0.5, 0.6) is 0 Å². The first-order valence-corrected chi connectivity index (χ1v) is 9.96. The van der Waals surface area contributed by atoms with E-state index in [2.05, 4.69) is 10.3 Å². The second kappa shape index (κ2) is 5.89. The summed E-state index contributed by atoms with van der Waals surface area (Å²) in [6, 6.07) is 11.6. The summed E-state index contributed by atoms with van der Waals surface area (Å²) in [5, 5.41) is 2.94. The molecule has 0 atom stereocenters. The number of carbonyl (C=O) groups excluding carboxylic acids is 2. The van der Waals surface area contributed by atoms with Gasteiger partial charge in [-0.2, -0.15) is 0 Å². The van der Waals surface area contributed by atoms with Crippen molar-refractivity contribution in [2.75, 3.05) is 11.9 Å². The van der Waals surface area contributed by atoms with Crippen LogP contribution < -0.4 is 5.32 Å². The molecule has 0 saturated heterocycles. The van der Waals surface area contributed by atoms with Gasteiger partial charge in [-0.05, 0) is 30.7 Å². The van der Waals surface area contributed by atoms with Crippen molar-refractivity contribution in [3.63, 3.8) is 0 Å². The number of aromatic nitrogens is 1. The zero-order chi connectivity index (χ0) is 18.5. The largest absolute Gasteiger partial charge is 0.300 e. The van der Waals surface area contributed by atoms with Crippen molar-refractivity contribution in [2.24, 2.45) is 0 Å². The molecule has 4 rings (SSSR count). The van der Waals surface area contributed by atoms with Crippen LogP contribution in [0.25, 0.3) is 10.2 Å². The van der Waals surface area contributed by atoms with Gasteiger partial charge in [-0.3, -0.25) is 9.59 Å². The Morgan fingerprint density at radius 3 is 2.69 bits per heavy atom. The van der Waals surface area contributed by atoms with E-state index in [0.717, 1.165) is 15.8 Å². The summed E-state index contributed by atoms with van der Waals surface area (Å²) in [5.74, 6) is -1.32. The first kappa shape index (κ1) is 16.7. The number of nitrogens with zero attached hydrogens (tertiary/aromatic N) is 2. The van der Waals surface area contributed by atoms with Crippen LogP contribution in [0, 0.1) is 6.92 Å². The molecule has 1 aliphatic heterocycles. The molecule has 26 heavy (non-hydrogen) atoms. The fourth-order valence-corrected chi connectivity index (χ4v) is 5.30. The van der Waals surface area contributed by atoms with E-state index in [9.17, 15) is 18.0 Å². The van der Waals surface area contributed by atoms with E-state index in [1.807, 2.05) is 25.1 Å². The number of rotatable bonds is 3. The number of amides is 2. The summed E-state index contributed by atoms with van der Waals surface area (Å²) >= 11 is 1.29. The van der Waals surface area contributed by atoms with Gasteiger partial charge < -0.3 is 5.32 Å². The molecular weight excluding hydrogens is 374 g/mol. The van der Waals surface area contributed by atoms with Gasteiger partial charge in [-0.1, -0.05) is 35.6 Å². The Morgan fingerprint density at radius 2 is 1.96 bits per heavy atom. The van der Waals surface area contributed by atoms with Gasteiger partial charge in [0.2, 0.25) is 5.91 Å². The standard InChI is InChI=1S/C17H13N3O4S2/c1-10-5-4-7-12-15(10)19-17(25-12)18-14(21)9-20-16(22)11-6-2-3-8-13(11)26(20,23)24/h2-8H,9H2,1H3,(H,18,19,21). The fourth-order valence-electron chi connectivity index (χ4n) is 2.82. The highest BCUT2D eigenvalue weighted by Gasteiger charge is 2.41. The third kappa shape index (κ3) is 2.56. The van der Waals surface area contributed by atoms with Crippen molar-refractivity contribution in [1.29, 1.82) is 0 Å². The second-order valence-corrected chi connectivity index (χ2v) is 8.66. The number of nitrogens with one attached hydrogen (secondary N) is 1. The van der Waals surface area contributed by atoms with Crippen molar-refractivity contribution in [1.82, 2.24) is 9.29 Å². The Morgan fingerprint density at radius 1 is 1.19 bits per heavy atom. The minimum Gasteiger partial charge on any atom is -0.300 e. The summed E-state index contributed by atoms with van der Waals surface area (Å²) in [5.41, 5.74) is 1.84. The molecule has 1 N–H and O–H groups in total. The molecule has 9 heteroatoms. The number of anilines is 1. The van der Waals surface area contributed by atoms with E-state index < -0.39 is 28.4 Å². The second-order valence-electron chi connectivity index (χ2n) is 5.80. The summed E-state index contributed by atoms with van der Waals surface area (Å²) < 4.78 is 26.5. The van der Waals surface area contributed by atoms with Gasteiger partial charge in [-0.25, -0.2) is 17.7 Å². The van der Waals surface area contributed by atoms with Gasteiger partial charge in [0.25, 0.3) is 15.9 Å². The molecule has 3 aromatic rings. The molecule has 2 aromatic carbocycles. The zero-order valence-corrected chi connectivity index (χ0v) is 15.2. The molecule has 0 spiro atoms. The lowest BCUT2D eigenvalue weighted by Crippen LogP contribution is -2.37. The number of thiazole rings is 1. The molecule has 0 fully saturated rings. The van der Waals surface area contributed by atoms with Gasteiger partial charge in [0.1, 0.15) is 11.4 Å². The van der Waals surface area contributed by atoms with Crippen LogP contribution in [0.4, 0.5) is 5.13 Å². The first-order chi connectivity index (χ1) is 12.4. The van der Waals surface area contributed by atoms with Gasteiger partial charge in [0.05, 0.1) is 15.8 Å². The molecule has 2 amide bonds. The van der Waals surface area contributed by atoms with Crippen LogP contribution in [0.1, 0.15) is 15.9 Å². The van der Waals surface area contributed by atoms with E-state index in [1.165, 1.54) is 29.5 Å². The number of hydrogen-bond donors (Lipinski definition) is 1. The lowest BCUT2D eigenvalue weighted by atomic mass is 10.2. The normalized spacial score (nSPS) is 15.3. The Labute approximate surface area is 153 Å². The number of para-hydroxylation sites is 1. The average Bonchev–Trinajstić information content (AvgIpc) is 3.09. The predicted molar refractivity (Wildman–Crippen MR) is 97.7 cm³/mol. The molecule has 2 heterocycles. The van der Waals surface area contributed by atoms with Crippen molar-refractivity contribution in [3.8, 4) is 0 Å². The maximum absolute atomic E-state index is 12.5. The molecule has 0 unspecified atom stereocenters. The summed E-state index contributed by atoms with van der Waals surface area (Å²) in [4.78, 5) is 28.9. The minimum atomic E-state index is -4.01. The summed E-state index contributed by atoms with van der Waals surface area (Å²) in [7, 11) is -4.01. The fraction of sp³-hybridized carbons (Fsp3) is 0.118. The summed E-state index contributed by atoms with van der Waals surface area (Å²) in [6.07, 6.45) is 0. The number of aryl methyl sites for hydroxylation is 1. The molecule has 0 radical (unpaired) electrons. The quantitative estimate of drug-likeness (QED) is 0.744. The number of sulfonamides is 1. The van der Waals surface area contributed by atoms with E-state index >= 15 is 0 Å². The highest BCUT2D eigenvalue weighted by molar-refractivity contribution is 7.90. The smallest absolute Gasteiger partial charge is 0.269 e. The molecule has 7 nitrogen and oxygen atoms in total. The maximum atomic E-state index is 12.5. The van der Waals surface area contributed by atoms with Crippen molar-refractivity contribution >= 4 is 48.5 Å². The van der Waals surface area contributed by atoms with Gasteiger partial charge in [0.15, 0.2) is 5.13 Å². The number of fused-ring (bicyclic) bond motifs is 2. The third-order valence-corrected chi connectivity index (χ3v) is 6.79. The highest BCUT2D eigenvalue weighted by Crippen LogP contribution is 2.30. The van der Waals surface area contributed by atoms with E-state index in [0.29, 0.717) is 9.44 Å². The summed E-state index contributed by atoms with van der Waals surface area (Å²) in [6.45, 7) is 1.32. The Kier molecular flexibility index (Phi) is 3.78. The van der Waals surface area contributed by atoms with Crippen LogP contribution in [-0.2, 0) is 14.8 Å². The minimum absolute atomic E-state index is 0.0755. The van der Waals surface area contributed by atoms with Crippen molar-refractivity contribution in [2.45, 2.75) is 11.8 Å². The predicted octanol–water partition coefficient (Wildman–Crippen LogP) is 2.39. The van der Waals surface area contributed by atoms with Gasteiger partial charge in [0, 0.05) is 0 Å². The van der Waals surface area contributed by atoms with Crippen LogP contribution in [0.15, 0.2) is 47.4 Å². The molecule has 1 aliphatic rings. The lowest BCUT2D eigenvalue weighted by Gasteiger charge is -2.13. The van der Waals surface area contributed by atoms with Crippen LogP contribution in [0.2, 0.25) is 0 Å². The SMILES string of the molecule is Cc1cccc2sc(NC(=O)CN3C(=O)c4ccccc4S3(=O)=O)nc12. The molecule has 132 valence electrons. The van der Waals surface area contributed by atoms with Crippen molar-refractivity contribution in [3.05, 3.63) is 53.6 Å². The van der Waals surface area contributed by atoms with E-state index in [-0.39, 0.29) is 10.5 Å². The van der Waals surface area contributed by atoms with E-state index in [4.69, 9.17) is 0 Å². The number of hydrogen-bond acceptors (Lipinski definition) is 6. The Balaban J connectivity index is 1.57. The monoisotopic (exact) mass is 387 g/mol. The van der Waals surface area contributed by atoms with Gasteiger partial charge in [-0.15, -0.1) is 0 Å². The highest BCUT2D eigenvalue weighted by atomic mass is 32.2. The van der Waals surface area contributed by atoms with Crippen LogP contribution in [0.3, 0.4) is 0 Å². The third-order valence-electron chi connectivity index (χ3n) is 4.07. The van der Waals surface area contributed by atoms with Gasteiger partial charge >= 0.3 is 0 Å². The molecule has 0 bridgehead atoms. The topological polar surface area (TPSA) is 96.4 Å². The molecule has 0 aliphatic carbocycles. The first-order valence-electron chi connectivity index (χ1n) is 7.70.